The van der Waals surface area contributed by atoms with Crippen LogP contribution in [0.3, 0.4) is 0 Å². The van der Waals surface area contributed by atoms with Gasteiger partial charge in [-0.1, -0.05) is 0 Å². The molecule has 5 nitrogen and oxygen atoms in total. The lowest BCUT2D eigenvalue weighted by Gasteiger charge is -2.19. The van der Waals surface area contributed by atoms with Crippen molar-refractivity contribution in [3.05, 3.63) is 24.5 Å². The molecular formula is C12H18N2O3. The van der Waals surface area contributed by atoms with E-state index in [0.717, 1.165) is 5.75 Å². The van der Waals surface area contributed by atoms with Gasteiger partial charge in [0.25, 0.3) is 0 Å². The second-order valence-electron chi connectivity index (χ2n) is 4.46. The number of nitrogens with zero attached hydrogens (tertiary/aromatic N) is 1. The highest BCUT2D eigenvalue weighted by Gasteiger charge is 2.15. The zero-order valence-corrected chi connectivity index (χ0v) is 10.4. The Balaban J connectivity index is 2.14. The number of alkyl carbamates (subject to hydrolysis) is 1. The van der Waals surface area contributed by atoms with Gasteiger partial charge in [-0.25, -0.2) is 4.79 Å². The Hall–Kier alpha value is -1.78. The monoisotopic (exact) mass is 238 g/mol. The van der Waals surface area contributed by atoms with Crippen LogP contribution in [0.2, 0.25) is 0 Å². The second-order valence-corrected chi connectivity index (χ2v) is 4.46. The molecule has 0 aliphatic carbocycles. The molecule has 0 atom stereocenters. The first-order valence-corrected chi connectivity index (χ1v) is 5.47. The van der Waals surface area contributed by atoms with Crippen molar-refractivity contribution in [2.75, 3.05) is 13.2 Å². The summed E-state index contributed by atoms with van der Waals surface area (Å²) in [6.07, 6.45) is 2.86. The molecule has 0 saturated carbocycles. The fraction of sp³-hybridized carbons (Fsp3) is 0.500. The molecule has 94 valence electrons. The molecule has 5 heteroatoms. The van der Waals surface area contributed by atoms with Gasteiger partial charge in [0.2, 0.25) is 0 Å². The highest BCUT2D eigenvalue weighted by Crippen LogP contribution is 2.07. The summed E-state index contributed by atoms with van der Waals surface area (Å²) >= 11 is 0. The normalized spacial score (nSPS) is 10.8. The maximum atomic E-state index is 11.3. The van der Waals surface area contributed by atoms with Crippen molar-refractivity contribution in [3.63, 3.8) is 0 Å². The van der Waals surface area contributed by atoms with Crippen LogP contribution in [0.1, 0.15) is 20.8 Å². The van der Waals surface area contributed by atoms with E-state index in [0.29, 0.717) is 13.2 Å². The number of pyridine rings is 1. The quantitative estimate of drug-likeness (QED) is 0.815. The van der Waals surface area contributed by atoms with Crippen molar-refractivity contribution in [1.82, 2.24) is 10.3 Å². The fourth-order valence-corrected chi connectivity index (χ4v) is 1.07. The Bertz CT molecular complexity index is 347. The molecule has 1 aromatic rings. The minimum absolute atomic E-state index is 0.392. The third-order valence-electron chi connectivity index (χ3n) is 1.69. The standard InChI is InChI=1S/C12H18N2O3/c1-12(2,3)17-11(15)14-8-9-16-10-4-6-13-7-5-10/h4-7H,8-9H2,1-3H3,(H,14,15). The molecule has 1 N–H and O–H groups in total. The van der Waals surface area contributed by atoms with Gasteiger partial charge in [0.1, 0.15) is 18.0 Å². The van der Waals surface area contributed by atoms with Crippen LogP contribution in [0.15, 0.2) is 24.5 Å². The van der Waals surface area contributed by atoms with Crippen molar-refractivity contribution in [3.8, 4) is 5.75 Å². The summed E-state index contributed by atoms with van der Waals surface area (Å²) in [6, 6.07) is 3.51. The Kier molecular flexibility index (Phi) is 4.75. The lowest BCUT2D eigenvalue weighted by molar-refractivity contribution is 0.0520. The van der Waals surface area contributed by atoms with E-state index in [2.05, 4.69) is 10.3 Å². The van der Waals surface area contributed by atoms with E-state index in [9.17, 15) is 4.79 Å². The fourth-order valence-electron chi connectivity index (χ4n) is 1.07. The Morgan fingerprint density at radius 1 is 1.35 bits per heavy atom. The number of nitrogens with one attached hydrogen (secondary N) is 1. The van der Waals surface area contributed by atoms with Crippen LogP contribution < -0.4 is 10.1 Å². The molecule has 0 radical (unpaired) electrons. The Labute approximate surface area is 101 Å². The van der Waals surface area contributed by atoms with Gasteiger partial charge in [-0.3, -0.25) is 4.98 Å². The smallest absolute Gasteiger partial charge is 0.407 e. The number of amides is 1. The van der Waals surface area contributed by atoms with Crippen LogP contribution in [0.5, 0.6) is 5.75 Å². The maximum absolute atomic E-state index is 11.3. The van der Waals surface area contributed by atoms with E-state index in [4.69, 9.17) is 9.47 Å². The second kappa shape index (κ2) is 6.08. The van der Waals surface area contributed by atoms with Crippen LogP contribution in [0.25, 0.3) is 0 Å². The van der Waals surface area contributed by atoms with Gasteiger partial charge in [-0.15, -0.1) is 0 Å². The average Bonchev–Trinajstić information content (AvgIpc) is 2.23. The zero-order valence-electron chi connectivity index (χ0n) is 10.4. The summed E-state index contributed by atoms with van der Waals surface area (Å²) in [5.41, 5.74) is -0.476. The molecule has 0 aromatic carbocycles. The predicted octanol–water partition coefficient (Wildman–Crippen LogP) is 1.99. The molecule has 1 rings (SSSR count). The summed E-state index contributed by atoms with van der Waals surface area (Å²) < 4.78 is 10.5. The largest absolute Gasteiger partial charge is 0.492 e. The SMILES string of the molecule is CC(C)(C)OC(=O)NCCOc1ccncc1. The van der Waals surface area contributed by atoms with E-state index in [1.54, 1.807) is 24.5 Å². The highest BCUT2D eigenvalue weighted by molar-refractivity contribution is 5.67. The van der Waals surface area contributed by atoms with Crippen LogP contribution in [0.4, 0.5) is 4.79 Å². The van der Waals surface area contributed by atoms with Crippen LogP contribution in [-0.2, 0) is 4.74 Å². The summed E-state index contributed by atoms with van der Waals surface area (Å²) in [5.74, 6) is 0.728. The van der Waals surface area contributed by atoms with Gasteiger partial charge < -0.3 is 14.8 Å². The molecule has 0 fully saturated rings. The molecule has 0 unspecified atom stereocenters. The lowest BCUT2D eigenvalue weighted by atomic mass is 10.2. The van der Waals surface area contributed by atoms with Crippen LogP contribution in [-0.4, -0.2) is 29.8 Å². The van der Waals surface area contributed by atoms with E-state index < -0.39 is 11.7 Å². The third kappa shape index (κ3) is 6.40. The van der Waals surface area contributed by atoms with E-state index >= 15 is 0 Å². The first kappa shape index (κ1) is 13.3. The molecule has 17 heavy (non-hydrogen) atoms. The molecule has 0 saturated heterocycles. The van der Waals surface area contributed by atoms with Crippen molar-refractivity contribution in [1.29, 1.82) is 0 Å². The van der Waals surface area contributed by atoms with Crippen molar-refractivity contribution >= 4 is 6.09 Å². The predicted molar refractivity (Wildman–Crippen MR) is 64.0 cm³/mol. The minimum atomic E-state index is -0.476. The number of rotatable bonds is 4. The molecule has 0 bridgehead atoms. The third-order valence-corrected chi connectivity index (χ3v) is 1.69. The number of hydrogen-bond donors (Lipinski definition) is 1. The van der Waals surface area contributed by atoms with E-state index in [1.165, 1.54) is 0 Å². The summed E-state index contributed by atoms with van der Waals surface area (Å²) in [5, 5.41) is 2.61. The van der Waals surface area contributed by atoms with Crippen molar-refractivity contribution < 1.29 is 14.3 Å². The molecule has 0 aliphatic heterocycles. The molecule has 0 spiro atoms. The first-order chi connectivity index (χ1) is 7.97. The maximum Gasteiger partial charge on any atom is 0.407 e. The van der Waals surface area contributed by atoms with Gasteiger partial charge in [0.05, 0.1) is 6.54 Å². The molecule has 1 aromatic heterocycles. The van der Waals surface area contributed by atoms with Crippen molar-refractivity contribution in [2.45, 2.75) is 26.4 Å². The van der Waals surface area contributed by atoms with Crippen molar-refractivity contribution in [2.24, 2.45) is 0 Å². The van der Waals surface area contributed by atoms with Gasteiger partial charge in [0.15, 0.2) is 0 Å². The zero-order chi connectivity index (χ0) is 12.7. The molecular weight excluding hydrogens is 220 g/mol. The van der Waals surface area contributed by atoms with Gasteiger partial charge in [0, 0.05) is 12.4 Å². The number of aromatic nitrogens is 1. The lowest BCUT2D eigenvalue weighted by Crippen LogP contribution is -2.34. The Morgan fingerprint density at radius 2 is 2.00 bits per heavy atom. The summed E-state index contributed by atoms with van der Waals surface area (Å²) in [7, 11) is 0. The number of carbonyl (C=O) groups excluding carboxylic acids is 1. The summed E-state index contributed by atoms with van der Waals surface area (Å²) in [6.45, 7) is 6.25. The topological polar surface area (TPSA) is 60.5 Å². The van der Waals surface area contributed by atoms with Gasteiger partial charge in [-0.05, 0) is 32.9 Å². The summed E-state index contributed by atoms with van der Waals surface area (Å²) in [4.78, 5) is 15.1. The highest BCUT2D eigenvalue weighted by atomic mass is 16.6. The van der Waals surface area contributed by atoms with Crippen LogP contribution in [0, 0.1) is 0 Å². The van der Waals surface area contributed by atoms with Crippen LogP contribution >= 0.6 is 0 Å². The molecule has 1 heterocycles. The van der Waals surface area contributed by atoms with Gasteiger partial charge in [-0.2, -0.15) is 0 Å². The van der Waals surface area contributed by atoms with Gasteiger partial charge >= 0.3 is 6.09 Å². The molecule has 1 amide bonds. The minimum Gasteiger partial charge on any atom is -0.492 e. The Morgan fingerprint density at radius 3 is 2.59 bits per heavy atom. The first-order valence-electron chi connectivity index (χ1n) is 5.47. The van der Waals surface area contributed by atoms with E-state index in [1.807, 2.05) is 20.8 Å². The average molecular weight is 238 g/mol. The number of hydrogen-bond acceptors (Lipinski definition) is 4. The number of carbonyl (C=O) groups is 1. The number of ether oxygens (including phenoxy) is 2. The van der Waals surface area contributed by atoms with E-state index in [-0.39, 0.29) is 0 Å². The molecule has 0 aliphatic rings.